The van der Waals surface area contributed by atoms with Gasteiger partial charge in [0.25, 0.3) is 0 Å². The first-order chi connectivity index (χ1) is 17.1. The van der Waals surface area contributed by atoms with E-state index in [-0.39, 0.29) is 22.2 Å². The second-order valence-corrected chi connectivity index (χ2v) is 12.5. The van der Waals surface area contributed by atoms with Gasteiger partial charge in [-0.05, 0) is 19.1 Å². The number of hydrogen-bond acceptors (Lipinski definition) is 5. The summed E-state index contributed by atoms with van der Waals surface area (Å²) in [4.78, 5) is 26.8. The van der Waals surface area contributed by atoms with Crippen molar-refractivity contribution in [1.82, 2.24) is 0 Å². The second-order valence-electron chi connectivity index (χ2n) is 12.5. The topological polar surface area (TPSA) is 92.0 Å². The molecule has 0 aromatic heterocycles. The zero-order valence-corrected chi connectivity index (χ0v) is 27.1. The minimum atomic E-state index is -0.918. The van der Waals surface area contributed by atoms with Crippen LogP contribution in [0, 0.1) is 38.9 Å². The molecule has 4 heterocycles. The number of rotatable bonds is 3. The molecule has 0 bridgehead atoms. The number of aliphatic imine (C=N–C) groups is 3. The minimum absolute atomic E-state index is 0.00715. The molecule has 4 aliphatic rings. The van der Waals surface area contributed by atoms with E-state index in [0.29, 0.717) is 5.70 Å². The molecule has 37 heavy (non-hydrogen) atoms. The van der Waals surface area contributed by atoms with Crippen LogP contribution in [0.5, 0.6) is 0 Å². The predicted octanol–water partition coefficient (Wildman–Crippen LogP) is 7.53. The number of nitriles is 1. The van der Waals surface area contributed by atoms with Crippen LogP contribution in [-0.2, 0) is 22.1 Å². The van der Waals surface area contributed by atoms with Crippen LogP contribution in [0.1, 0.15) is 74.7 Å². The van der Waals surface area contributed by atoms with Crippen molar-refractivity contribution in [1.29, 1.82) is 5.26 Å². The van der Waals surface area contributed by atoms with Gasteiger partial charge in [0, 0.05) is 75.7 Å². The first-order valence-corrected chi connectivity index (χ1v) is 16.5. The zero-order valence-electron chi connectivity index (χ0n) is 23.4. The molecule has 0 saturated carbocycles. The monoisotopic (exact) mass is 569 g/mol. The molecule has 1 saturated heterocycles. The summed E-state index contributed by atoms with van der Waals surface area (Å²) in [6, 6.07) is 2.29. The first-order valence-electron chi connectivity index (χ1n) is 12.6. The Hall–Kier alpha value is -2.16. The SMILES string of the molecule is C=C1N=C(/C=C2N=C(/C=C3N=C(/C=C4\[N-]C(=O)C(C)C4(C)C#N)CC\3(C)C)CC\2(C)C)CC1(C)C.[Cl][Zn+]. The van der Waals surface area contributed by atoms with Crippen molar-refractivity contribution < 1.29 is 22.1 Å². The standard InChI is InChI=1S/C29H37N5O.ClH.Zn/c1-17-25(35)34-24(29(17,9)16-30)12-21-15-28(7,8)23(33-21)11-20-14-27(5,6)22(32-20)10-19-13-26(3,4)18(2)31-19;;/h10-12,17H,2,13-15H2,1,3-9H3,(H,31,32,33,34,35);1H;/q;;+2/p-2. The molecule has 0 N–H and O–H groups in total. The van der Waals surface area contributed by atoms with Gasteiger partial charge in [-0.25, -0.2) is 0 Å². The van der Waals surface area contributed by atoms with Crippen LogP contribution in [0.2, 0.25) is 0 Å². The number of carbonyl (C=O) groups is 1. The van der Waals surface area contributed by atoms with Crippen molar-refractivity contribution in [2.75, 3.05) is 0 Å². The molecule has 1 fully saturated rings. The summed E-state index contributed by atoms with van der Waals surface area (Å²) in [5.74, 6) is -0.689. The van der Waals surface area contributed by atoms with Gasteiger partial charge in [-0.2, -0.15) is 5.26 Å². The van der Waals surface area contributed by atoms with E-state index in [1.165, 1.54) is 0 Å². The van der Waals surface area contributed by atoms with Crippen LogP contribution >= 0.6 is 9.69 Å². The van der Waals surface area contributed by atoms with Crippen molar-refractivity contribution in [3.63, 3.8) is 0 Å². The Labute approximate surface area is 235 Å². The Bertz CT molecular complexity index is 1260. The molecule has 0 spiro atoms. The molecule has 4 aliphatic heterocycles. The Morgan fingerprint density at radius 2 is 1.32 bits per heavy atom. The molecular formula is C29H36ClN5OZn. The average molecular weight is 571 g/mol. The summed E-state index contributed by atoms with van der Waals surface area (Å²) in [6.07, 6.45) is 8.50. The van der Waals surface area contributed by atoms with Crippen molar-refractivity contribution in [3.05, 3.63) is 52.9 Å². The fraction of sp³-hybridized carbons (Fsp3) is 0.552. The summed E-state index contributed by atoms with van der Waals surface area (Å²) < 4.78 is 0. The Morgan fingerprint density at radius 3 is 1.76 bits per heavy atom. The van der Waals surface area contributed by atoms with Crippen LogP contribution in [-0.4, -0.2) is 23.0 Å². The normalized spacial score (nSPS) is 32.6. The second kappa shape index (κ2) is 10.2. The fourth-order valence-corrected chi connectivity index (χ4v) is 5.01. The molecule has 0 radical (unpaired) electrons. The summed E-state index contributed by atoms with van der Waals surface area (Å²) in [5, 5.41) is 13.9. The molecule has 192 valence electrons. The van der Waals surface area contributed by atoms with Gasteiger partial charge in [0.05, 0.1) is 17.4 Å². The molecule has 0 aliphatic carbocycles. The zero-order chi connectivity index (χ0) is 28.0. The van der Waals surface area contributed by atoms with E-state index < -0.39 is 11.3 Å². The van der Waals surface area contributed by atoms with Gasteiger partial charge in [0.15, 0.2) is 0 Å². The molecule has 4 rings (SSSR count). The van der Waals surface area contributed by atoms with Crippen molar-refractivity contribution in [3.8, 4) is 6.07 Å². The van der Waals surface area contributed by atoms with E-state index in [9.17, 15) is 10.1 Å². The molecule has 0 aromatic rings. The summed E-state index contributed by atoms with van der Waals surface area (Å²) >= 11 is 0.847. The Balaban J connectivity index is 0.00000186. The van der Waals surface area contributed by atoms with Gasteiger partial charge in [0.1, 0.15) is 0 Å². The van der Waals surface area contributed by atoms with E-state index in [4.69, 9.17) is 19.7 Å². The Morgan fingerprint density at radius 1 is 0.892 bits per heavy atom. The molecule has 2 atom stereocenters. The van der Waals surface area contributed by atoms with E-state index >= 15 is 0 Å². The quantitative estimate of drug-likeness (QED) is 0.328. The van der Waals surface area contributed by atoms with Crippen LogP contribution in [0.3, 0.4) is 0 Å². The van der Waals surface area contributed by atoms with E-state index in [0.717, 1.165) is 70.8 Å². The Kier molecular flexibility index (Phi) is 8.10. The average Bonchev–Trinajstić information content (AvgIpc) is 3.41. The third kappa shape index (κ3) is 5.66. The third-order valence-electron chi connectivity index (χ3n) is 7.99. The van der Waals surface area contributed by atoms with Crippen molar-refractivity contribution in [2.24, 2.45) is 42.6 Å². The maximum atomic E-state index is 12.2. The number of allylic oxidation sites excluding steroid dienone is 7. The van der Waals surface area contributed by atoms with Crippen molar-refractivity contribution >= 4 is 32.7 Å². The number of halogens is 1. The van der Waals surface area contributed by atoms with Crippen molar-refractivity contribution in [2.45, 2.75) is 74.7 Å². The summed E-state index contributed by atoms with van der Waals surface area (Å²) in [5.41, 5.74) is 5.14. The molecule has 1 amide bonds. The van der Waals surface area contributed by atoms with Crippen LogP contribution in [0.15, 0.2) is 62.6 Å². The molecule has 8 heteroatoms. The van der Waals surface area contributed by atoms with E-state index in [2.05, 4.69) is 76.7 Å². The van der Waals surface area contributed by atoms with E-state index in [1.54, 1.807) is 13.8 Å². The van der Waals surface area contributed by atoms with E-state index in [1.807, 2.05) is 6.08 Å². The fourth-order valence-electron chi connectivity index (χ4n) is 5.01. The predicted molar refractivity (Wildman–Crippen MR) is 148 cm³/mol. The van der Waals surface area contributed by atoms with Crippen LogP contribution in [0.4, 0.5) is 0 Å². The number of hydrogen-bond donors (Lipinski definition) is 0. The molecule has 6 nitrogen and oxygen atoms in total. The van der Waals surface area contributed by atoms with Gasteiger partial charge < -0.3 is 10.1 Å². The number of carbonyl (C=O) groups excluding carboxylic acids is 1. The summed E-state index contributed by atoms with van der Waals surface area (Å²) in [7, 11) is 4.76. The maximum absolute atomic E-state index is 12.2. The van der Waals surface area contributed by atoms with Gasteiger partial charge in [-0.1, -0.05) is 61.1 Å². The van der Waals surface area contributed by atoms with Gasteiger partial charge in [-0.3, -0.25) is 15.0 Å². The molecular weight excluding hydrogens is 535 g/mol. The number of nitrogens with zero attached hydrogens (tertiary/aromatic N) is 5. The third-order valence-corrected chi connectivity index (χ3v) is 7.99. The van der Waals surface area contributed by atoms with Gasteiger partial charge in [-0.15, -0.1) is 5.70 Å². The number of amides is 1. The first kappa shape index (κ1) is 29.4. The molecule has 2 unspecified atom stereocenters. The van der Waals surface area contributed by atoms with Crippen LogP contribution in [0.25, 0.3) is 5.32 Å². The van der Waals surface area contributed by atoms with Gasteiger partial charge >= 0.3 is 27.0 Å². The van der Waals surface area contributed by atoms with Gasteiger partial charge in [0.2, 0.25) is 0 Å². The molecule has 0 aromatic carbocycles. The summed E-state index contributed by atoms with van der Waals surface area (Å²) in [6.45, 7) is 20.7. The van der Waals surface area contributed by atoms with Crippen LogP contribution < -0.4 is 0 Å².